The van der Waals surface area contributed by atoms with Gasteiger partial charge in [-0.3, -0.25) is 4.79 Å². The lowest BCUT2D eigenvalue weighted by Gasteiger charge is -2.13. The van der Waals surface area contributed by atoms with E-state index in [0.717, 1.165) is 28.0 Å². The quantitative estimate of drug-likeness (QED) is 0.622. The highest BCUT2D eigenvalue weighted by molar-refractivity contribution is 5.82. The van der Waals surface area contributed by atoms with E-state index < -0.39 is 0 Å². The first-order valence-electron chi connectivity index (χ1n) is 7.07. The van der Waals surface area contributed by atoms with Crippen molar-refractivity contribution in [3.63, 3.8) is 0 Å². The van der Waals surface area contributed by atoms with Gasteiger partial charge < -0.3 is 9.47 Å². The molecule has 1 heterocycles. The van der Waals surface area contributed by atoms with Crippen molar-refractivity contribution in [2.75, 3.05) is 6.61 Å². The Labute approximate surface area is 124 Å². The topological polar surface area (TPSA) is 35.5 Å². The minimum Gasteiger partial charge on any atom is -0.492 e. The standard InChI is InChI=1S/C18H18O3/c1-11-8-12(2)13(3)17(9-11)21-18(19)15-10-20-16-7-5-4-6-14(15)16/h4-9,15H,10H2,1-3H3. The van der Waals surface area contributed by atoms with Crippen LogP contribution in [0.3, 0.4) is 0 Å². The molecule has 3 heteroatoms. The number of hydrogen-bond donors (Lipinski definition) is 0. The first-order chi connectivity index (χ1) is 10.1. The van der Waals surface area contributed by atoms with Crippen LogP contribution in [0.1, 0.15) is 28.2 Å². The van der Waals surface area contributed by atoms with Gasteiger partial charge in [-0.05, 0) is 49.6 Å². The van der Waals surface area contributed by atoms with Crippen molar-refractivity contribution in [1.29, 1.82) is 0 Å². The summed E-state index contributed by atoms with van der Waals surface area (Å²) in [6, 6.07) is 11.6. The lowest BCUT2D eigenvalue weighted by atomic mass is 10.0. The number of aryl methyl sites for hydroxylation is 2. The lowest BCUT2D eigenvalue weighted by Crippen LogP contribution is -2.20. The van der Waals surface area contributed by atoms with Crippen molar-refractivity contribution in [3.8, 4) is 11.5 Å². The lowest BCUT2D eigenvalue weighted by molar-refractivity contribution is -0.136. The molecule has 0 saturated heterocycles. The molecule has 0 radical (unpaired) electrons. The van der Waals surface area contributed by atoms with E-state index in [4.69, 9.17) is 9.47 Å². The van der Waals surface area contributed by atoms with Crippen LogP contribution in [0.15, 0.2) is 36.4 Å². The predicted octanol–water partition coefficient (Wildman–Crippen LogP) is 3.69. The molecule has 0 amide bonds. The van der Waals surface area contributed by atoms with Crippen LogP contribution < -0.4 is 9.47 Å². The zero-order valence-electron chi connectivity index (χ0n) is 12.5. The van der Waals surface area contributed by atoms with Crippen LogP contribution in [0.5, 0.6) is 11.5 Å². The van der Waals surface area contributed by atoms with Gasteiger partial charge in [-0.25, -0.2) is 0 Å². The van der Waals surface area contributed by atoms with E-state index in [1.54, 1.807) is 0 Å². The van der Waals surface area contributed by atoms with Gasteiger partial charge in [0.25, 0.3) is 0 Å². The molecule has 0 bridgehead atoms. The fourth-order valence-corrected chi connectivity index (χ4v) is 2.64. The van der Waals surface area contributed by atoms with Crippen LogP contribution in [-0.4, -0.2) is 12.6 Å². The average Bonchev–Trinajstić information content (AvgIpc) is 2.88. The van der Waals surface area contributed by atoms with Crippen molar-refractivity contribution in [3.05, 3.63) is 58.7 Å². The molecule has 1 aliphatic rings. The van der Waals surface area contributed by atoms with Crippen LogP contribution >= 0.6 is 0 Å². The molecule has 0 aliphatic carbocycles. The summed E-state index contributed by atoms with van der Waals surface area (Å²) in [6.45, 7) is 6.34. The van der Waals surface area contributed by atoms with Crippen LogP contribution in [0, 0.1) is 20.8 Å². The van der Waals surface area contributed by atoms with Gasteiger partial charge >= 0.3 is 5.97 Å². The van der Waals surface area contributed by atoms with Crippen molar-refractivity contribution in [2.45, 2.75) is 26.7 Å². The molecule has 0 N–H and O–H groups in total. The monoisotopic (exact) mass is 282 g/mol. The van der Waals surface area contributed by atoms with Crippen LogP contribution in [0.25, 0.3) is 0 Å². The second-order valence-electron chi connectivity index (χ2n) is 5.53. The van der Waals surface area contributed by atoms with Crippen molar-refractivity contribution in [1.82, 2.24) is 0 Å². The highest BCUT2D eigenvalue weighted by atomic mass is 16.5. The highest BCUT2D eigenvalue weighted by Crippen LogP contribution is 2.35. The molecular weight excluding hydrogens is 264 g/mol. The number of carbonyl (C=O) groups excluding carboxylic acids is 1. The SMILES string of the molecule is Cc1cc(C)c(C)c(OC(=O)C2COc3ccccc32)c1. The Morgan fingerprint density at radius 2 is 1.95 bits per heavy atom. The number of rotatable bonds is 2. The molecule has 108 valence electrons. The molecule has 21 heavy (non-hydrogen) atoms. The number of ether oxygens (including phenoxy) is 2. The maximum Gasteiger partial charge on any atom is 0.322 e. The molecule has 1 unspecified atom stereocenters. The second kappa shape index (κ2) is 5.24. The Balaban J connectivity index is 1.85. The van der Waals surface area contributed by atoms with E-state index in [9.17, 15) is 4.79 Å². The maximum absolute atomic E-state index is 12.5. The molecule has 2 aromatic carbocycles. The number of fused-ring (bicyclic) bond motifs is 1. The van der Waals surface area contributed by atoms with Gasteiger partial charge in [0.1, 0.15) is 24.0 Å². The minimum atomic E-state index is -0.346. The Bertz CT molecular complexity index is 704. The minimum absolute atomic E-state index is 0.256. The summed E-state index contributed by atoms with van der Waals surface area (Å²) in [6.07, 6.45) is 0. The fraction of sp³-hybridized carbons (Fsp3) is 0.278. The normalized spacial score (nSPS) is 16.2. The number of para-hydroxylation sites is 1. The summed E-state index contributed by atoms with van der Waals surface area (Å²) in [5, 5.41) is 0. The van der Waals surface area contributed by atoms with Gasteiger partial charge in [-0.15, -0.1) is 0 Å². The van der Waals surface area contributed by atoms with E-state index in [2.05, 4.69) is 6.07 Å². The van der Waals surface area contributed by atoms with E-state index >= 15 is 0 Å². The molecule has 0 aromatic heterocycles. The molecule has 3 nitrogen and oxygen atoms in total. The first-order valence-corrected chi connectivity index (χ1v) is 7.07. The maximum atomic E-state index is 12.5. The molecule has 1 atom stereocenters. The Kier molecular flexibility index (Phi) is 3.42. The number of hydrogen-bond acceptors (Lipinski definition) is 3. The smallest absolute Gasteiger partial charge is 0.322 e. The summed E-state index contributed by atoms with van der Waals surface area (Å²) in [5.74, 6) is 0.813. The summed E-state index contributed by atoms with van der Waals surface area (Å²) in [5.41, 5.74) is 4.12. The zero-order valence-corrected chi connectivity index (χ0v) is 12.5. The Hall–Kier alpha value is -2.29. The Morgan fingerprint density at radius 1 is 1.19 bits per heavy atom. The molecule has 0 fully saturated rings. The molecule has 2 aromatic rings. The number of benzene rings is 2. The van der Waals surface area contributed by atoms with Gasteiger partial charge in [0, 0.05) is 5.56 Å². The first kappa shape index (κ1) is 13.7. The van der Waals surface area contributed by atoms with E-state index in [0.29, 0.717) is 12.4 Å². The summed E-state index contributed by atoms with van der Waals surface area (Å²) >= 11 is 0. The van der Waals surface area contributed by atoms with Crippen molar-refractivity contribution < 1.29 is 14.3 Å². The Morgan fingerprint density at radius 3 is 2.76 bits per heavy atom. The summed E-state index contributed by atoms with van der Waals surface area (Å²) < 4.78 is 11.2. The van der Waals surface area contributed by atoms with Gasteiger partial charge in [0.2, 0.25) is 0 Å². The van der Waals surface area contributed by atoms with Crippen LogP contribution in [0.2, 0.25) is 0 Å². The average molecular weight is 282 g/mol. The van der Waals surface area contributed by atoms with Crippen LogP contribution in [0.4, 0.5) is 0 Å². The summed E-state index contributed by atoms with van der Waals surface area (Å²) in [4.78, 5) is 12.5. The van der Waals surface area contributed by atoms with Crippen molar-refractivity contribution in [2.24, 2.45) is 0 Å². The third kappa shape index (κ3) is 2.51. The highest BCUT2D eigenvalue weighted by Gasteiger charge is 2.32. The number of esters is 1. The van der Waals surface area contributed by atoms with Gasteiger partial charge in [-0.1, -0.05) is 24.3 Å². The third-order valence-corrected chi connectivity index (χ3v) is 3.96. The molecule has 0 saturated carbocycles. The largest absolute Gasteiger partial charge is 0.492 e. The van der Waals surface area contributed by atoms with Gasteiger partial charge in [0.15, 0.2) is 0 Å². The van der Waals surface area contributed by atoms with Crippen LogP contribution in [-0.2, 0) is 4.79 Å². The third-order valence-electron chi connectivity index (χ3n) is 3.96. The molecular formula is C18H18O3. The molecule has 1 aliphatic heterocycles. The van der Waals surface area contributed by atoms with E-state index in [1.165, 1.54) is 0 Å². The van der Waals surface area contributed by atoms with Crippen molar-refractivity contribution >= 4 is 5.97 Å². The second-order valence-corrected chi connectivity index (χ2v) is 5.53. The fourth-order valence-electron chi connectivity index (χ4n) is 2.64. The molecule has 3 rings (SSSR count). The van der Waals surface area contributed by atoms with E-state index in [-0.39, 0.29) is 11.9 Å². The van der Waals surface area contributed by atoms with Gasteiger partial charge in [0.05, 0.1) is 0 Å². The van der Waals surface area contributed by atoms with E-state index in [1.807, 2.05) is 51.1 Å². The summed E-state index contributed by atoms with van der Waals surface area (Å²) in [7, 11) is 0. The zero-order chi connectivity index (χ0) is 15.0. The number of carbonyl (C=O) groups is 1. The molecule has 0 spiro atoms. The van der Waals surface area contributed by atoms with Gasteiger partial charge in [-0.2, -0.15) is 0 Å². The predicted molar refractivity (Wildman–Crippen MR) is 81.0 cm³/mol.